The molecule has 0 aliphatic carbocycles. The highest BCUT2D eigenvalue weighted by atomic mass is 35.5. The molecular weight excluding hydrogens is 521 g/mol. The highest BCUT2D eigenvalue weighted by Gasteiger charge is 2.30. The Hall–Kier alpha value is -2.81. The summed E-state index contributed by atoms with van der Waals surface area (Å²) < 4.78 is 0. The monoisotopic (exact) mass is 565 g/mol. The molecule has 2 nitrogen and oxygen atoms in total. The quantitative estimate of drug-likeness (QED) is 0.213. The summed E-state index contributed by atoms with van der Waals surface area (Å²) in [6, 6.07) is 19.8. The van der Waals surface area contributed by atoms with Crippen molar-refractivity contribution < 1.29 is 4.79 Å². The van der Waals surface area contributed by atoms with E-state index in [9.17, 15) is 4.79 Å². The van der Waals surface area contributed by atoms with Crippen LogP contribution in [0.15, 0.2) is 78.9 Å². The fraction of sp³-hybridized carbons (Fsp3) is 0.343. The molecule has 0 saturated heterocycles. The number of carbonyl (C=O) groups excluding carboxylic acids is 1. The van der Waals surface area contributed by atoms with E-state index in [1.807, 2.05) is 77.1 Å². The number of carbonyl (C=O) groups is 1. The van der Waals surface area contributed by atoms with Gasteiger partial charge in [0, 0.05) is 15.6 Å². The van der Waals surface area contributed by atoms with Crippen LogP contribution >= 0.6 is 23.2 Å². The predicted octanol–water partition coefficient (Wildman–Crippen LogP) is 11.1. The lowest BCUT2D eigenvalue weighted by Gasteiger charge is -2.33. The van der Waals surface area contributed by atoms with Crippen LogP contribution in [0.2, 0.25) is 10.0 Å². The van der Waals surface area contributed by atoms with Gasteiger partial charge in [0.05, 0.1) is 5.54 Å². The summed E-state index contributed by atoms with van der Waals surface area (Å²) in [7, 11) is 0. The van der Waals surface area contributed by atoms with Crippen molar-refractivity contribution >= 4 is 34.7 Å². The van der Waals surface area contributed by atoms with E-state index in [4.69, 9.17) is 23.2 Å². The number of hydrogen-bond donors (Lipinski definition) is 1. The maximum Gasteiger partial charge on any atom is 0.252 e. The van der Waals surface area contributed by atoms with Gasteiger partial charge in [-0.15, -0.1) is 0 Å². The van der Waals surface area contributed by atoms with Gasteiger partial charge >= 0.3 is 0 Å². The molecule has 0 bridgehead atoms. The molecule has 0 aromatic heterocycles. The summed E-state index contributed by atoms with van der Waals surface area (Å²) >= 11 is 12.5. The first kappa shape index (κ1) is 34.2. The Morgan fingerprint density at radius 1 is 0.949 bits per heavy atom. The van der Waals surface area contributed by atoms with Crippen molar-refractivity contribution in [3.05, 3.63) is 111 Å². The molecule has 0 radical (unpaired) electrons. The maximum atomic E-state index is 13.6. The normalized spacial score (nSPS) is 12.5. The smallest absolute Gasteiger partial charge is 0.252 e. The van der Waals surface area contributed by atoms with Crippen molar-refractivity contribution in [2.75, 3.05) is 0 Å². The van der Waals surface area contributed by atoms with Crippen LogP contribution in [0, 0.1) is 13.8 Å². The molecule has 0 aliphatic heterocycles. The van der Waals surface area contributed by atoms with E-state index in [0.29, 0.717) is 15.6 Å². The molecule has 210 valence electrons. The van der Waals surface area contributed by atoms with Gasteiger partial charge < -0.3 is 5.32 Å². The first-order valence-electron chi connectivity index (χ1n) is 13.9. The lowest BCUT2D eigenvalue weighted by Crippen LogP contribution is -2.44. The molecule has 39 heavy (non-hydrogen) atoms. The second-order valence-electron chi connectivity index (χ2n) is 9.23. The summed E-state index contributed by atoms with van der Waals surface area (Å²) in [5.74, 6) is -0.132. The zero-order chi connectivity index (χ0) is 29.8. The number of hydrogen-bond acceptors (Lipinski definition) is 1. The van der Waals surface area contributed by atoms with Crippen molar-refractivity contribution in [2.45, 2.75) is 80.7 Å². The van der Waals surface area contributed by atoms with Crippen LogP contribution < -0.4 is 5.32 Å². The third-order valence-corrected chi connectivity index (χ3v) is 7.08. The van der Waals surface area contributed by atoms with Gasteiger partial charge in [-0.25, -0.2) is 0 Å². The lowest BCUT2D eigenvalue weighted by molar-refractivity contribution is -0.119. The van der Waals surface area contributed by atoms with Gasteiger partial charge in [-0.3, -0.25) is 4.79 Å². The van der Waals surface area contributed by atoms with Crippen LogP contribution in [0.4, 0.5) is 0 Å². The number of rotatable bonds is 8. The largest absolute Gasteiger partial charge is 0.343 e. The van der Waals surface area contributed by atoms with E-state index in [1.165, 1.54) is 0 Å². The lowest BCUT2D eigenvalue weighted by atomic mass is 9.84. The minimum absolute atomic E-state index is 0.132. The van der Waals surface area contributed by atoms with E-state index in [1.54, 1.807) is 12.1 Å². The number of nitrogens with one attached hydrogen (secondary N) is 1. The molecular formula is C35H45Cl2NO. The Balaban J connectivity index is 0.00000181. The van der Waals surface area contributed by atoms with E-state index >= 15 is 0 Å². The SMILES string of the molecule is C=C/C(C(=O)NC(C)(CCC)c1ccccc1C)=C(/C)c1cccc(-c2cc(Cl)cc(Cl)c2)c1C.CC.CC. The van der Waals surface area contributed by atoms with E-state index in [0.717, 1.165) is 51.8 Å². The van der Waals surface area contributed by atoms with Gasteiger partial charge in [0.25, 0.3) is 5.91 Å². The fourth-order valence-electron chi connectivity index (χ4n) is 4.90. The van der Waals surface area contributed by atoms with Crippen molar-refractivity contribution in [1.82, 2.24) is 5.32 Å². The minimum Gasteiger partial charge on any atom is -0.343 e. The summed E-state index contributed by atoms with van der Waals surface area (Å²) in [6.45, 7) is 22.3. The predicted molar refractivity (Wildman–Crippen MR) is 174 cm³/mol. The average Bonchev–Trinajstić information content (AvgIpc) is 2.91. The molecule has 0 aliphatic rings. The molecule has 3 aromatic rings. The standard InChI is InChI=1S/C31H33Cl2NO.2C2H6/c1-7-16-31(6,29-15-10-9-12-20(29)3)34-30(35)26(8-2)21(4)27-13-11-14-28(22(27)5)23-17-24(32)19-25(33)18-23;2*1-2/h8-15,17-19H,2,7,16H2,1,3-6H3,(H,34,35);2*1-2H3/b26-21+;;. The number of halogens is 2. The second-order valence-corrected chi connectivity index (χ2v) is 10.1. The number of amides is 1. The highest BCUT2D eigenvalue weighted by Crippen LogP contribution is 2.34. The van der Waals surface area contributed by atoms with Gasteiger partial charge in [-0.2, -0.15) is 0 Å². The summed E-state index contributed by atoms with van der Waals surface area (Å²) in [4.78, 5) is 13.6. The molecule has 1 atom stereocenters. The van der Waals surface area contributed by atoms with Crippen LogP contribution in [0.3, 0.4) is 0 Å². The zero-order valence-corrected chi connectivity index (χ0v) is 26.6. The Bertz CT molecular complexity index is 1270. The Kier molecular flexibility index (Phi) is 14.3. The molecule has 0 spiro atoms. The third-order valence-electron chi connectivity index (χ3n) is 6.64. The van der Waals surface area contributed by atoms with E-state index < -0.39 is 5.54 Å². The topological polar surface area (TPSA) is 29.1 Å². The van der Waals surface area contributed by atoms with Crippen LogP contribution in [-0.2, 0) is 10.3 Å². The Labute approximate surface area is 247 Å². The summed E-state index contributed by atoms with van der Waals surface area (Å²) in [5, 5.41) is 4.50. The second kappa shape index (κ2) is 16.3. The Morgan fingerprint density at radius 3 is 2.08 bits per heavy atom. The minimum atomic E-state index is -0.486. The van der Waals surface area contributed by atoms with Crippen molar-refractivity contribution in [1.29, 1.82) is 0 Å². The third kappa shape index (κ3) is 8.59. The molecule has 3 rings (SSSR count). The van der Waals surface area contributed by atoms with Crippen LogP contribution in [0.1, 0.15) is 83.6 Å². The molecule has 1 unspecified atom stereocenters. The zero-order valence-electron chi connectivity index (χ0n) is 25.1. The molecule has 0 saturated carbocycles. The molecule has 4 heteroatoms. The molecule has 3 aromatic carbocycles. The molecule has 1 amide bonds. The van der Waals surface area contributed by atoms with Crippen LogP contribution in [-0.4, -0.2) is 5.91 Å². The van der Waals surface area contributed by atoms with E-state index in [-0.39, 0.29) is 5.91 Å². The van der Waals surface area contributed by atoms with Crippen molar-refractivity contribution in [3.63, 3.8) is 0 Å². The molecule has 0 fully saturated rings. The average molecular weight is 567 g/mol. The number of allylic oxidation sites excluding steroid dienone is 1. The summed E-state index contributed by atoms with van der Waals surface area (Å²) in [6.07, 6.45) is 3.43. The van der Waals surface area contributed by atoms with Crippen LogP contribution in [0.5, 0.6) is 0 Å². The van der Waals surface area contributed by atoms with Gasteiger partial charge in [0.2, 0.25) is 0 Å². The Morgan fingerprint density at radius 2 is 1.54 bits per heavy atom. The van der Waals surface area contributed by atoms with Crippen LogP contribution in [0.25, 0.3) is 16.7 Å². The first-order valence-corrected chi connectivity index (χ1v) is 14.6. The van der Waals surface area contributed by atoms with Crippen molar-refractivity contribution in [2.24, 2.45) is 0 Å². The van der Waals surface area contributed by atoms with Gasteiger partial charge in [0.1, 0.15) is 0 Å². The fourth-order valence-corrected chi connectivity index (χ4v) is 5.43. The van der Waals surface area contributed by atoms with Gasteiger partial charge in [-0.05, 0) is 91.3 Å². The van der Waals surface area contributed by atoms with Gasteiger partial charge in [-0.1, -0.05) is 119 Å². The number of benzene rings is 3. The van der Waals surface area contributed by atoms with E-state index in [2.05, 4.69) is 51.7 Å². The maximum absolute atomic E-state index is 13.6. The van der Waals surface area contributed by atoms with Crippen molar-refractivity contribution in [3.8, 4) is 11.1 Å². The first-order chi connectivity index (χ1) is 18.6. The highest BCUT2D eigenvalue weighted by molar-refractivity contribution is 6.35. The molecule has 1 N–H and O–H groups in total. The molecule has 0 heterocycles. The summed E-state index contributed by atoms with van der Waals surface area (Å²) in [5.41, 5.74) is 7.22. The number of aryl methyl sites for hydroxylation is 1. The van der Waals surface area contributed by atoms with Gasteiger partial charge in [0.15, 0.2) is 0 Å².